The summed E-state index contributed by atoms with van der Waals surface area (Å²) in [5.41, 5.74) is 1.56. The van der Waals surface area contributed by atoms with Crippen molar-refractivity contribution in [1.29, 1.82) is 0 Å². The molecule has 2 heterocycles. The molecule has 4 aliphatic rings. The van der Waals surface area contributed by atoms with Crippen molar-refractivity contribution in [1.82, 2.24) is 0 Å². The van der Waals surface area contributed by atoms with Gasteiger partial charge in [0.25, 0.3) is 0 Å². The highest BCUT2D eigenvalue weighted by Crippen LogP contribution is 2.64. The zero-order valence-electron chi connectivity index (χ0n) is 23.9. The van der Waals surface area contributed by atoms with Crippen LogP contribution in [0, 0.1) is 34.9 Å². The Balaban J connectivity index is 1.36. The molecule has 6 atom stereocenters. The first-order chi connectivity index (χ1) is 20.7. The summed E-state index contributed by atoms with van der Waals surface area (Å²) in [6, 6.07) is 20.2. The van der Waals surface area contributed by atoms with Crippen molar-refractivity contribution in [2.45, 2.75) is 39.0 Å². The van der Waals surface area contributed by atoms with E-state index in [2.05, 4.69) is 0 Å². The van der Waals surface area contributed by atoms with Crippen LogP contribution in [0.25, 0.3) is 0 Å². The van der Waals surface area contributed by atoms with Gasteiger partial charge in [0, 0.05) is 11.5 Å². The molecule has 6 unspecified atom stereocenters. The Morgan fingerprint density at radius 2 is 1.53 bits per heavy atom. The van der Waals surface area contributed by atoms with Gasteiger partial charge in [-0.1, -0.05) is 61.0 Å². The number of anilines is 2. The van der Waals surface area contributed by atoms with Crippen LogP contribution in [-0.2, 0) is 25.6 Å². The summed E-state index contributed by atoms with van der Waals surface area (Å²) in [6.45, 7) is 3.74. The average molecular weight is 579 g/mol. The summed E-state index contributed by atoms with van der Waals surface area (Å²) in [6.07, 6.45) is 3.16. The summed E-state index contributed by atoms with van der Waals surface area (Å²) < 4.78 is 14.8. The van der Waals surface area contributed by atoms with E-state index in [9.17, 15) is 28.7 Å². The highest BCUT2D eigenvalue weighted by Gasteiger charge is 2.68. The van der Waals surface area contributed by atoms with Crippen LogP contribution >= 0.6 is 0 Å². The van der Waals surface area contributed by atoms with Gasteiger partial charge >= 0.3 is 0 Å². The SMILES string of the molecule is CCc1ccc(N2C(=O)C3CC=C4C(CC5C(=O)N(c6ccccc6)C(=O)C5(C)C4c4cccc(F)c4O)C3C2=O)cc1. The number of para-hydroxylation sites is 2. The molecule has 43 heavy (non-hydrogen) atoms. The number of hydrogen-bond acceptors (Lipinski definition) is 5. The van der Waals surface area contributed by atoms with Crippen molar-refractivity contribution in [3.63, 3.8) is 0 Å². The molecule has 7 rings (SSSR count). The van der Waals surface area contributed by atoms with Crippen LogP contribution in [0.3, 0.4) is 0 Å². The molecule has 3 aromatic rings. The normalized spacial score (nSPS) is 29.8. The fourth-order valence-corrected chi connectivity index (χ4v) is 8.08. The van der Waals surface area contributed by atoms with Crippen molar-refractivity contribution in [3.05, 3.63) is 101 Å². The van der Waals surface area contributed by atoms with Crippen molar-refractivity contribution < 1.29 is 28.7 Å². The van der Waals surface area contributed by atoms with E-state index in [1.165, 1.54) is 15.9 Å². The maximum atomic E-state index is 14.8. The Morgan fingerprint density at radius 1 is 0.837 bits per heavy atom. The first kappa shape index (κ1) is 27.3. The number of rotatable bonds is 4. The second-order valence-corrected chi connectivity index (χ2v) is 12.2. The predicted octanol–water partition coefficient (Wildman–Crippen LogP) is 5.53. The number of benzene rings is 3. The number of aromatic hydroxyl groups is 1. The lowest BCUT2D eigenvalue weighted by Gasteiger charge is -2.49. The molecule has 7 nitrogen and oxygen atoms in total. The Labute approximate surface area is 248 Å². The van der Waals surface area contributed by atoms with Crippen molar-refractivity contribution in [2.75, 3.05) is 9.80 Å². The predicted molar refractivity (Wildman–Crippen MR) is 157 cm³/mol. The molecule has 3 fully saturated rings. The molecule has 4 amide bonds. The number of hydrogen-bond donors (Lipinski definition) is 1. The van der Waals surface area contributed by atoms with Crippen LogP contribution in [0.15, 0.2) is 84.4 Å². The topological polar surface area (TPSA) is 95.0 Å². The second kappa shape index (κ2) is 9.73. The van der Waals surface area contributed by atoms with E-state index in [-0.39, 0.29) is 30.2 Å². The third-order valence-corrected chi connectivity index (χ3v) is 10.2. The average Bonchev–Trinajstić information content (AvgIpc) is 3.39. The number of nitrogens with zero attached hydrogens (tertiary/aromatic N) is 2. The van der Waals surface area contributed by atoms with Gasteiger partial charge in [-0.25, -0.2) is 9.29 Å². The van der Waals surface area contributed by atoms with Crippen LogP contribution in [0.5, 0.6) is 5.75 Å². The molecule has 1 N–H and O–H groups in total. The molecule has 2 saturated heterocycles. The highest BCUT2D eigenvalue weighted by molar-refractivity contribution is 6.25. The van der Waals surface area contributed by atoms with Gasteiger partial charge in [-0.2, -0.15) is 0 Å². The fraction of sp³-hybridized carbons (Fsp3) is 0.314. The van der Waals surface area contributed by atoms with E-state index in [1.807, 2.05) is 25.1 Å². The zero-order chi connectivity index (χ0) is 30.2. The number of allylic oxidation sites excluding steroid dienone is 2. The van der Waals surface area contributed by atoms with Gasteiger partial charge < -0.3 is 5.11 Å². The number of carbonyl (C=O) groups excluding carboxylic acids is 4. The molecule has 0 spiro atoms. The summed E-state index contributed by atoms with van der Waals surface area (Å²) in [5, 5.41) is 11.0. The molecule has 2 aliphatic heterocycles. The van der Waals surface area contributed by atoms with Gasteiger partial charge in [0.05, 0.1) is 34.5 Å². The minimum Gasteiger partial charge on any atom is -0.505 e. The summed E-state index contributed by atoms with van der Waals surface area (Å²) in [4.78, 5) is 58.8. The maximum Gasteiger partial charge on any atom is 0.241 e. The lowest BCUT2D eigenvalue weighted by atomic mass is 9.51. The van der Waals surface area contributed by atoms with Gasteiger partial charge in [-0.15, -0.1) is 0 Å². The van der Waals surface area contributed by atoms with E-state index >= 15 is 0 Å². The Kier molecular flexibility index (Phi) is 6.16. The first-order valence-electron chi connectivity index (χ1n) is 14.8. The van der Waals surface area contributed by atoms with Gasteiger partial charge in [0.15, 0.2) is 11.6 Å². The van der Waals surface area contributed by atoms with Gasteiger partial charge in [0.1, 0.15) is 0 Å². The Hall–Kier alpha value is -4.59. The molecule has 8 heteroatoms. The third kappa shape index (κ3) is 3.71. The minimum atomic E-state index is -1.35. The lowest BCUT2D eigenvalue weighted by molar-refractivity contribution is -0.131. The largest absolute Gasteiger partial charge is 0.505 e. The number of imide groups is 2. The highest BCUT2D eigenvalue weighted by atomic mass is 19.1. The summed E-state index contributed by atoms with van der Waals surface area (Å²) in [5.74, 6) is -6.50. The summed E-state index contributed by atoms with van der Waals surface area (Å²) in [7, 11) is 0. The molecule has 3 aromatic carbocycles. The van der Waals surface area contributed by atoms with Crippen molar-refractivity contribution in [3.8, 4) is 5.75 Å². The van der Waals surface area contributed by atoms with Crippen LogP contribution < -0.4 is 9.80 Å². The molecule has 0 aromatic heterocycles. The zero-order valence-corrected chi connectivity index (χ0v) is 23.9. The van der Waals surface area contributed by atoms with Crippen LogP contribution in [0.1, 0.15) is 43.7 Å². The molecule has 2 aliphatic carbocycles. The fourth-order valence-electron chi connectivity index (χ4n) is 8.08. The van der Waals surface area contributed by atoms with Crippen LogP contribution in [-0.4, -0.2) is 28.7 Å². The number of amides is 4. The van der Waals surface area contributed by atoms with Crippen molar-refractivity contribution >= 4 is 35.0 Å². The number of aryl methyl sites for hydroxylation is 1. The molecule has 1 saturated carbocycles. The van der Waals surface area contributed by atoms with E-state index < -0.39 is 58.4 Å². The first-order valence-corrected chi connectivity index (χ1v) is 14.8. The number of carbonyl (C=O) groups is 4. The van der Waals surface area contributed by atoms with Gasteiger partial charge in [-0.3, -0.25) is 24.1 Å². The standard InChI is InChI=1S/C35H31FN2O5/c1-3-19-12-14-21(15-13-19)37-31(40)23-17-16-22-25(28(23)33(37)42)18-26-32(41)38(20-8-5-4-6-9-20)34(43)35(26,2)29(22)24-10-7-11-27(36)30(24)39/h4-16,23,25-26,28-29,39H,3,17-18H2,1-2H3. The van der Waals surface area contributed by atoms with E-state index in [0.717, 1.165) is 18.1 Å². The Morgan fingerprint density at radius 3 is 2.23 bits per heavy atom. The van der Waals surface area contributed by atoms with E-state index in [0.29, 0.717) is 16.9 Å². The van der Waals surface area contributed by atoms with Crippen LogP contribution in [0.2, 0.25) is 0 Å². The summed E-state index contributed by atoms with van der Waals surface area (Å²) >= 11 is 0. The van der Waals surface area contributed by atoms with E-state index in [1.54, 1.807) is 55.5 Å². The lowest BCUT2D eigenvalue weighted by Crippen LogP contribution is -2.49. The maximum absolute atomic E-state index is 14.8. The van der Waals surface area contributed by atoms with Crippen LogP contribution in [0.4, 0.5) is 15.8 Å². The number of phenolic OH excluding ortho intramolecular Hbond substituents is 1. The quantitative estimate of drug-likeness (QED) is 0.325. The Bertz CT molecular complexity index is 1720. The number of fused-ring (bicyclic) bond motifs is 4. The third-order valence-electron chi connectivity index (χ3n) is 10.2. The number of phenols is 1. The molecule has 218 valence electrons. The number of halogens is 1. The van der Waals surface area contributed by atoms with E-state index in [4.69, 9.17) is 0 Å². The molecular formula is C35H31FN2O5. The van der Waals surface area contributed by atoms with Gasteiger partial charge in [-0.05, 0) is 68.0 Å². The second-order valence-electron chi connectivity index (χ2n) is 12.2. The minimum absolute atomic E-state index is 0.186. The smallest absolute Gasteiger partial charge is 0.241 e. The van der Waals surface area contributed by atoms with Crippen molar-refractivity contribution in [2.24, 2.45) is 29.1 Å². The molecule has 0 bridgehead atoms. The monoisotopic (exact) mass is 578 g/mol. The molecule has 0 radical (unpaired) electrons. The van der Waals surface area contributed by atoms with Gasteiger partial charge in [0.2, 0.25) is 23.6 Å². The molecular weight excluding hydrogens is 547 g/mol.